The molecular weight excluding hydrogens is 709 g/mol. The maximum absolute atomic E-state index is 15.0. The molecule has 0 spiro atoms. The third-order valence-corrected chi connectivity index (χ3v) is 12.0. The highest BCUT2D eigenvalue weighted by molar-refractivity contribution is 7.05. The summed E-state index contributed by atoms with van der Waals surface area (Å²) in [6, 6.07) is 6.93. The van der Waals surface area contributed by atoms with Crippen LogP contribution in [0.4, 0.5) is 46.8 Å². The van der Waals surface area contributed by atoms with E-state index in [-0.39, 0.29) is 89.5 Å². The molecule has 4 aromatic carbocycles. The molecule has 0 aliphatic carbocycles. The van der Waals surface area contributed by atoms with Gasteiger partial charge in [0.25, 0.3) is 0 Å². The Balaban J connectivity index is 1.49. The Morgan fingerprint density at radius 2 is 0.860 bits per heavy atom. The summed E-state index contributed by atoms with van der Waals surface area (Å²) in [5, 5.41) is 0.0781. The fourth-order valence-corrected chi connectivity index (χ4v) is 9.75. The van der Waals surface area contributed by atoms with Gasteiger partial charge in [0.1, 0.15) is 17.1 Å². The van der Waals surface area contributed by atoms with Gasteiger partial charge in [0.05, 0.1) is 5.71 Å². The number of amidine groups is 3. The zero-order chi connectivity index (χ0) is 34.5. The van der Waals surface area contributed by atoms with E-state index in [4.69, 9.17) is 10.0 Å². The molecule has 0 atom stereocenters. The molecule has 0 N–H and O–H groups in total. The molecule has 6 heterocycles. The summed E-state index contributed by atoms with van der Waals surface area (Å²) in [5.74, 6) is -10.8. The van der Waals surface area contributed by atoms with E-state index in [9.17, 15) is 35.1 Å². The predicted octanol–water partition coefficient (Wildman–Crippen LogP) is 6.48. The van der Waals surface area contributed by atoms with E-state index in [0.717, 1.165) is 48.5 Å². The number of nitrogens with zero attached hydrogens (tertiary/aromatic N) is 7. The SMILES string of the molecule is Fc1cc2c(cc1F)C1=Nc3c4cc(F)c(F)cc4c4[n]3[Al]([Cl])[n]3c(c5cc(F)c(F)cc5c3=NC3=NC(=N4)c4cc(F)c(F)cc43)=CC2=N1. The van der Waals surface area contributed by atoms with Crippen molar-refractivity contribution in [1.82, 2.24) is 7.10 Å². The normalized spacial score (nSPS) is 15.3. The zero-order valence-electron chi connectivity index (χ0n) is 24.3. The van der Waals surface area contributed by atoms with Gasteiger partial charge in [0.2, 0.25) is 0 Å². The van der Waals surface area contributed by atoms with Crippen LogP contribution in [0.1, 0.15) is 22.3 Å². The number of aromatic nitrogens is 2. The molecule has 2 aromatic heterocycles. The fourth-order valence-electron chi connectivity index (χ4n) is 6.73. The molecule has 0 saturated carbocycles. The molecule has 6 aromatic rings. The standard InChI is InChI=1S/C33H9F8N7.Al.ClH/c34-18-1-10-12(3-20(18)36)28-42-26(10)9-27-11-2-19(35)21(37)4-13(11)29(43-27)45-31-15-6-23(39)25(41)8-17(15)33(47-31)48-32-16-7-24(40)22(38)5-14(16)30(44-28)46-32;;/h1-9H;;1H/q-2;+3;/p-1. The topological polar surface area (TPSA) is 71.7 Å². The van der Waals surface area contributed by atoms with E-state index in [1.165, 1.54) is 13.2 Å². The molecule has 10 rings (SSSR count). The van der Waals surface area contributed by atoms with Crippen molar-refractivity contribution in [2.75, 3.05) is 0 Å². The Morgan fingerprint density at radius 3 is 1.42 bits per heavy atom. The van der Waals surface area contributed by atoms with Crippen LogP contribution in [-0.4, -0.2) is 44.0 Å². The molecule has 0 fully saturated rings. The van der Waals surface area contributed by atoms with Crippen LogP contribution in [0.3, 0.4) is 0 Å². The second-order valence-corrected chi connectivity index (χ2v) is 14.5. The number of fused-ring (bicyclic) bond motifs is 14. The van der Waals surface area contributed by atoms with Crippen LogP contribution in [0.15, 0.2) is 73.5 Å². The summed E-state index contributed by atoms with van der Waals surface area (Å²) >= 11 is -3.54. The summed E-state index contributed by atoms with van der Waals surface area (Å²) in [6.07, 6.45) is 1.40. The fraction of sp³-hybridized carbons (Fsp3) is 0. The molecule has 17 heteroatoms. The van der Waals surface area contributed by atoms with Crippen molar-refractivity contribution < 1.29 is 35.1 Å². The summed E-state index contributed by atoms with van der Waals surface area (Å²) < 4.78 is 121. The summed E-state index contributed by atoms with van der Waals surface area (Å²) in [4.78, 5) is 22.9. The van der Waals surface area contributed by atoms with Gasteiger partial charge in [-0.2, -0.15) is 10.0 Å². The van der Waals surface area contributed by atoms with E-state index >= 15 is 0 Å². The van der Waals surface area contributed by atoms with E-state index in [1.54, 1.807) is 0 Å². The minimum absolute atomic E-state index is 0.00694. The lowest BCUT2D eigenvalue weighted by molar-refractivity contribution is 0.508. The Morgan fingerprint density at radius 1 is 0.440 bits per heavy atom. The minimum Gasteiger partial charge on any atom is -0.385 e. The zero-order valence-corrected chi connectivity index (χ0v) is 26.2. The first-order valence-electron chi connectivity index (χ1n) is 14.6. The highest BCUT2D eigenvalue weighted by Crippen LogP contribution is 2.42. The van der Waals surface area contributed by atoms with Crippen LogP contribution >= 0.6 is 10.0 Å². The summed E-state index contributed by atoms with van der Waals surface area (Å²) in [5.41, 5.74) is 0.0220. The number of hydrogen-bond donors (Lipinski definition) is 0. The molecule has 7 nitrogen and oxygen atoms in total. The molecule has 0 amide bonds. The van der Waals surface area contributed by atoms with Crippen molar-refractivity contribution in [2.24, 2.45) is 25.0 Å². The van der Waals surface area contributed by atoms with E-state index < -0.39 is 60.2 Å². The quantitative estimate of drug-likeness (QED) is 0.128. The van der Waals surface area contributed by atoms with Gasteiger partial charge in [0.15, 0.2) is 64.0 Å². The first-order valence-corrected chi connectivity index (χ1v) is 17.4. The van der Waals surface area contributed by atoms with E-state index in [1.807, 2.05) is 0 Å². The lowest BCUT2D eigenvalue weighted by Gasteiger charge is -2.15. The highest BCUT2D eigenvalue weighted by atomic mass is 35.6. The second kappa shape index (κ2) is 9.84. The molecule has 4 aliphatic rings. The van der Waals surface area contributed by atoms with Crippen molar-refractivity contribution in [3.8, 4) is 0 Å². The molecule has 0 saturated heterocycles. The van der Waals surface area contributed by atoms with Crippen molar-refractivity contribution >= 4 is 86.2 Å². The van der Waals surface area contributed by atoms with Gasteiger partial charge in [-0.05, 0) is 54.6 Å². The summed E-state index contributed by atoms with van der Waals surface area (Å²) in [6.45, 7) is 0. The van der Waals surface area contributed by atoms with Crippen LogP contribution in [0.25, 0.3) is 27.6 Å². The lowest BCUT2D eigenvalue weighted by atomic mass is 10.0. The van der Waals surface area contributed by atoms with E-state index in [0.29, 0.717) is 0 Å². The van der Waals surface area contributed by atoms with Crippen LogP contribution < -0.4 is 10.8 Å². The number of halogens is 9. The third kappa shape index (κ3) is 3.83. The second-order valence-electron chi connectivity index (χ2n) is 11.7. The Hall–Kier alpha value is -5.43. The Labute approximate surface area is 280 Å². The van der Waals surface area contributed by atoms with Gasteiger partial charge < -0.3 is 7.10 Å². The molecule has 0 unspecified atom stereocenters. The number of benzene rings is 4. The predicted molar refractivity (Wildman–Crippen MR) is 170 cm³/mol. The lowest BCUT2D eigenvalue weighted by Crippen LogP contribution is -2.43. The smallest absolute Gasteiger partial charge is 0.385 e. The number of hydrogen-bond acceptors (Lipinski definition) is 5. The molecule has 4 aliphatic heterocycles. The molecule has 50 heavy (non-hydrogen) atoms. The minimum atomic E-state index is -3.54. The van der Waals surface area contributed by atoms with Crippen LogP contribution in [0.5, 0.6) is 0 Å². The molecule has 6 bridgehead atoms. The van der Waals surface area contributed by atoms with Crippen molar-refractivity contribution in [3.05, 3.63) is 128 Å². The first-order chi connectivity index (χ1) is 24.0. The molecular formula is C33H9AlClF8N7. The van der Waals surface area contributed by atoms with Gasteiger partial charge in [-0.3, -0.25) is 0 Å². The molecule has 0 radical (unpaired) electrons. The average Bonchev–Trinajstić information content (AvgIpc) is 3.74. The number of rotatable bonds is 0. The first kappa shape index (κ1) is 29.5. The Kier molecular flexibility index (Phi) is 5.80. The van der Waals surface area contributed by atoms with Gasteiger partial charge in [-0.15, -0.1) is 0 Å². The van der Waals surface area contributed by atoms with Crippen molar-refractivity contribution in [2.45, 2.75) is 0 Å². The van der Waals surface area contributed by atoms with Crippen molar-refractivity contribution in [3.63, 3.8) is 0 Å². The monoisotopic (exact) mass is 717 g/mol. The van der Waals surface area contributed by atoms with Gasteiger partial charge in [-0.1, -0.05) is 0 Å². The highest BCUT2D eigenvalue weighted by Gasteiger charge is 2.39. The van der Waals surface area contributed by atoms with E-state index in [2.05, 4.69) is 25.0 Å². The average molecular weight is 718 g/mol. The van der Waals surface area contributed by atoms with Crippen LogP contribution in [0.2, 0.25) is 0 Å². The van der Waals surface area contributed by atoms with Gasteiger partial charge in [-0.25, -0.2) is 60.1 Å². The third-order valence-electron chi connectivity index (χ3n) is 8.96. The van der Waals surface area contributed by atoms with Crippen LogP contribution in [-0.2, 0) is 0 Å². The number of aliphatic imine (C=N–C) groups is 4. The maximum Gasteiger partial charge on any atom is 0.721 e. The largest absolute Gasteiger partial charge is 0.721 e. The van der Waals surface area contributed by atoms with Gasteiger partial charge >= 0.3 is 13.7 Å². The summed E-state index contributed by atoms with van der Waals surface area (Å²) in [7, 11) is 7.44. The van der Waals surface area contributed by atoms with Crippen molar-refractivity contribution in [1.29, 1.82) is 0 Å². The molecule has 242 valence electrons. The van der Waals surface area contributed by atoms with Gasteiger partial charge in [0, 0.05) is 49.1 Å². The van der Waals surface area contributed by atoms with Crippen LogP contribution in [0, 0.1) is 46.5 Å². The maximum atomic E-state index is 15.0. The Bertz CT molecular complexity index is 2750.